The number of aromatic hydroxyl groups is 2. The normalized spacial score (nSPS) is 38.2. The number of aliphatic hydroxyl groups excluding tert-OH is 9. The fourth-order valence-corrected chi connectivity index (χ4v) is 5.40. The topological polar surface area (TPSA) is 298 Å². The smallest absolute Gasteiger partial charge is 0.229 e. The zero-order valence-corrected chi connectivity index (χ0v) is 25.7. The van der Waals surface area contributed by atoms with Gasteiger partial charge in [0, 0.05) is 17.7 Å². The molecule has 5 rings (SSSR count). The molecule has 0 spiro atoms. The zero-order chi connectivity index (χ0) is 35.6. The fraction of sp³-hybridized carbons (Fsp3) is 0.548. The molecule has 3 heterocycles. The van der Waals surface area contributed by atoms with Crippen LogP contribution in [0.15, 0.2) is 36.4 Å². The summed E-state index contributed by atoms with van der Waals surface area (Å²) in [7, 11) is 0. The van der Waals surface area contributed by atoms with E-state index in [0.717, 1.165) is 0 Å². The summed E-state index contributed by atoms with van der Waals surface area (Å²) in [5.74, 6) is -0.528. The van der Waals surface area contributed by atoms with Crippen LogP contribution in [0.5, 0.6) is 23.0 Å². The molecule has 2 aromatic carbocycles. The lowest BCUT2D eigenvalue weighted by Gasteiger charge is -2.40. The van der Waals surface area contributed by atoms with E-state index in [2.05, 4.69) is 0 Å². The van der Waals surface area contributed by atoms with Gasteiger partial charge >= 0.3 is 0 Å². The first-order valence-electron chi connectivity index (χ1n) is 15.2. The quantitative estimate of drug-likeness (QED) is 0.0997. The van der Waals surface area contributed by atoms with Crippen LogP contribution in [-0.4, -0.2) is 167 Å². The Morgan fingerprint density at radius 1 is 0.714 bits per heavy atom. The molecule has 0 radical (unpaired) electrons. The molecular formula is C31H40O18. The van der Waals surface area contributed by atoms with Gasteiger partial charge in [0.25, 0.3) is 0 Å². The van der Waals surface area contributed by atoms with Crippen molar-refractivity contribution in [3.8, 4) is 23.0 Å². The van der Waals surface area contributed by atoms with Crippen LogP contribution in [-0.2, 0) is 18.9 Å². The van der Waals surface area contributed by atoms with Gasteiger partial charge in [0.1, 0.15) is 83.5 Å². The monoisotopic (exact) mass is 700 g/mol. The van der Waals surface area contributed by atoms with E-state index in [0.29, 0.717) is 5.56 Å². The van der Waals surface area contributed by atoms with Crippen LogP contribution in [0.25, 0.3) is 12.2 Å². The van der Waals surface area contributed by atoms with Crippen LogP contribution in [0.1, 0.15) is 11.1 Å². The minimum Gasteiger partial charge on any atom is -0.508 e. The molecule has 18 nitrogen and oxygen atoms in total. The van der Waals surface area contributed by atoms with Gasteiger partial charge in [-0.1, -0.05) is 12.2 Å². The first kappa shape index (κ1) is 37.1. The molecular weight excluding hydrogens is 660 g/mol. The van der Waals surface area contributed by atoms with Crippen molar-refractivity contribution in [2.75, 3.05) is 26.4 Å². The number of aliphatic hydroxyl groups is 10. The number of phenolic OH excluding ortho intramolecular Hbond substituents is 2. The maximum absolute atomic E-state index is 10.6. The molecule has 12 N–H and O–H groups in total. The third-order valence-electron chi connectivity index (χ3n) is 8.40. The number of rotatable bonds is 11. The van der Waals surface area contributed by atoms with Gasteiger partial charge in [-0.15, -0.1) is 0 Å². The summed E-state index contributed by atoms with van der Waals surface area (Å²) in [6.07, 6.45) is -15.6. The molecule has 3 fully saturated rings. The summed E-state index contributed by atoms with van der Waals surface area (Å²) in [5, 5.41) is 121. The van der Waals surface area contributed by atoms with Crippen molar-refractivity contribution in [2.45, 2.75) is 79.4 Å². The summed E-state index contributed by atoms with van der Waals surface area (Å²) in [5.41, 5.74) is -1.31. The van der Waals surface area contributed by atoms with E-state index >= 15 is 0 Å². The van der Waals surface area contributed by atoms with Crippen molar-refractivity contribution >= 4 is 12.2 Å². The molecule has 0 aliphatic carbocycles. The van der Waals surface area contributed by atoms with Crippen molar-refractivity contribution in [1.82, 2.24) is 0 Å². The average Bonchev–Trinajstić information content (AvgIpc) is 3.37. The lowest BCUT2D eigenvalue weighted by Crippen LogP contribution is -2.60. The second-order valence-electron chi connectivity index (χ2n) is 12.0. The van der Waals surface area contributed by atoms with Gasteiger partial charge in [0.15, 0.2) is 6.29 Å². The molecule has 0 bridgehead atoms. The Balaban J connectivity index is 1.22. The first-order chi connectivity index (χ1) is 23.2. The lowest BCUT2D eigenvalue weighted by atomic mass is 9.99. The van der Waals surface area contributed by atoms with Crippen molar-refractivity contribution in [3.05, 3.63) is 47.5 Å². The molecule has 272 valence electrons. The van der Waals surface area contributed by atoms with E-state index in [9.17, 15) is 61.3 Å². The third kappa shape index (κ3) is 8.08. The summed E-state index contributed by atoms with van der Waals surface area (Å²) >= 11 is 0. The number of ether oxygens (including phenoxy) is 6. The highest BCUT2D eigenvalue weighted by molar-refractivity contribution is 5.74. The molecule has 0 aromatic heterocycles. The van der Waals surface area contributed by atoms with Crippen molar-refractivity contribution in [2.24, 2.45) is 0 Å². The Bertz CT molecular complexity index is 1440. The first-order valence-corrected chi connectivity index (χ1v) is 15.2. The largest absolute Gasteiger partial charge is 0.508 e. The molecule has 13 atom stereocenters. The summed E-state index contributed by atoms with van der Waals surface area (Å²) in [6, 6.07) is 8.05. The highest BCUT2D eigenvalue weighted by Crippen LogP contribution is 2.32. The molecule has 3 saturated heterocycles. The molecule has 3 aliphatic rings. The van der Waals surface area contributed by atoms with Crippen LogP contribution >= 0.6 is 0 Å². The summed E-state index contributed by atoms with van der Waals surface area (Å²) in [4.78, 5) is 0. The number of phenols is 2. The van der Waals surface area contributed by atoms with E-state index in [1.165, 1.54) is 48.6 Å². The van der Waals surface area contributed by atoms with Gasteiger partial charge < -0.3 is 89.7 Å². The Morgan fingerprint density at radius 3 is 1.96 bits per heavy atom. The highest BCUT2D eigenvalue weighted by Gasteiger charge is 2.50. The fourth-order valence-electron chi connectivity index (χ4n) is 5.40. The maximum Gasteiger partial charge on any atom is 0.229 e. The average molecular weight is 701 g/mol. The van der Waals surface area contributed by atoms with E-state index in [1.807, 2.05) is 0 Å². The van der Waals surface area contributed by atoms with Crippen LogP contribution in [0.3, 0.4) is 0 Å². The predicted molar refractivity (Wildman–Crippen MR) is 161 cm³/mol. The van der Waals surface area contributed by atoms with E-state index in [1.54, 1.807) is 0 Å². The minimum absolute atomic E-state index is 0.0259. The minimum atomic E-state index is -1.95. The summed E-state index contributed by atoms with van der Waals surface area (Å²) in [6.45, 7) is -2.35. The number of hydrogen-bond donors (Lipinski definition) is 12. The highest BCUT2D eigenvalue weighted by atomic mass is 16.7. The maximum atomic E-state index is 10.6. The number of hydrogen-bond acceptors (Lipinski definition) is 18. The van der Waals surface area contributed by atoms with Gasteiger partial charge in [-0.2, -0.15) is 0 Å². The van der Waals surface area contributed by atoms with Crippen LogP contribution in [0.4, 0.5) is 0 Å². The van der Waals surface area contributed by atoms with Crippen molar-refractivity contribution < 1.29 is 89.7 Å². The number of benzene rings is 2. The Hall–Kier alpha value is -3.18. The molecule has 49 heavy (non-hydrogen) atoms. The van der Waals surface area contributed by atoms with Gasteiger partial charge in [0.05, 0.1) is 26.4 Å². The molecule has 0 saturated carbocycles. The molecule has 2 aromatic rings. The van der Waals surface area contributed by atoms with Gasteiger partial charge in [-0.05, 0) is 29.8 Å². The van der Waals surface area contributed by atoms with Crippen molar-refractivity contribution in [1.29, 1.82) is 0 Å². The molecule has 3 aliphatic heterocycles. The lowest BCUT2D eigenvalue weighted by molar-refractivity contribution is -0.289. The Morgan fingerprint density at radius 2 is 1.35 bits per heavy atom. The molecule has 18 heteroatoms. The Labute approximate surface area is 278 Å². The van der Waals surface area contributed by atoms with Crippen LogP contribution in [0.2, 0.25) is 0 Å². The van der Waals surface area contributed by atoms with E-state index < -0.39 is 106 Å². The Kier molecular flexibility index (Phi) is 11.6. The van der Waals surface area contributed by atoms with Crippen LogP contribution in [0, 0.1) is 0 Å². The van der Waals surface area contributed by atoms with E-state index in [-0.39, 0.29) is 28.6 Å². The predicted octanol–water partition coefficient (Wildman–Crippen LogP) is -3.91. The summed E-state index contributed by atoms with van der Waals surface area (Å²) < 4.78 is 32.7. The second kappa shape index (κ2) is 15.4. The standard InChI is InChI=1S/C31H40O18/c32-9-19-21(36)23(38)25(40)28(48-19)46-16-4-3-14(18(35)8-16)2-1-13-5-15(34)7-17(6-13)47-29-26(41)24(39)22(37)20(49-29)10-44-30-27(42)31(43,11-33)12-45-30/h1-8,19-30,32-43H,9-12H2/t19-,20-,21-,22-,23+,24+,25-,26-,27+,28-,29-,30-,31-/m1/s1. The zero-order valence-electron chi connectivity index (χ0n) is 25.7. The molecule has 0 unspecified atom stereocenters. The third-order valence-corrected chi connectivity index (χ3v) is 8.40. The SMILES string of the molecule is OC[C@H]1O[C@@H](Oc2ccc(C=Cc3cc(O)cc(O[C@@H]4O[C@H](CO[C@@H]5OC[C@](O)(CO)[C@H]5O)[C@@H](O)[C@H](O)[C@H]4O)c3)c(O)c2)[C@H](O)[C@@H](O)[C@@H]1O. The van der Waals surface area contributed by atoms with E-state index in [4.69, 9.17) is 28.4 Å². The second-order valence-corrected chi connectivity index (χ2v) is 12.0. The van der Waals surface area contributed by atoms with Gasteiger partial charge in [-0.25, -0.2) is 0 Å². The van der Waals surface area contributed by atoms with Gasteiger partial charge in [-0.3, -0.25) is 0 Å². The molecule has 0 amide bonds. The van der Waals surface area contributed by atoms with Crippen LogP contribution < -0.4 is 9.47 Å². The van der Waals surface area contributed by atoms with Gasteiger partial charge in [0.2, 0.25) is 12.6 Å². The van der Waals surface area contributed by atoms with Crippen molar-refractivity contribution in [3.63, 3.8) is 0 Å².